The average Bonchev–Trinajstić information content (AvgIpc) is 2.87. The van der Waals surface area contributed by atoms with Crippen molar-refractivity contribution in [2.24, 2.45) is 0 Å². The Morgan fingerprint density at radius 1 is 0.962 bits per heavy atom. The van der Waals surface area contributed by atoms with Gasteiger partial charge in [-0.05, 0) is 66.3 Å². The van der Waals surface area contributed by atoms with E-state index in [9.17, 15) is 9.59 Å². The van der Waals surface area contributed by atoms with E-state index < -0.39 is 0 Å². The van der Waals surface area contributed by atoms with E-state index in [1.165, 1.54) is 0 Å². The highest BCUT2D eigenvalue weighted by Gasteiger charge is 2.24. The van der Waals surface area contributed by atoms with Crippen LogP contribution in [0.15, 0.2) is 42.5 Å². The van der Waals surface area contributed by atoms with Gasteiger partial charge in [0.1, 0.15) is 0 Å². The topological polar surface area (TPSA) is 40.6 Å². The van der Waals surface area contributed by atoms with Crippen molar-refractivity contribution in [2.45, 2.75) is 13.3 Å². The maximum atomic E-state index is 12.9. The highest BCUT2D eigenvalue weighted by Crippen LogP contribution is 2.20. The number of amides is 2. The number of carbonyl (C=O) groups is 2. The van der Waals surface area contributed by atoms with E-state index in [1.54, 1.807) is 18.2 Å². The quantitative estimate of drug-likeness (QED) is 0.601. The fraction of sp³-hybridized carbons (Fsp3) is 0.300. The molecule has 2 aromatic rings. The summed E-state index contributed by atoms with van der Waals surface area (Å²) in [7, 11) is 0. The molecule has 26 heavy (non-hydrogen) atoms. The van der Waals surface area contributed by atoms with Gasteiger partial charge in [0.05, 0.1) is 5.56 Å². The van der Waals surface area contributed by atoms with Crippen LogP contribution < -0.4 is 0 Å². The van der Waals surface area contributed by atoms with Crippen LogP contribution in [0.2, 0.25) is 5.02 Å². The SMILES string of the molecule is Cc1cccc(C(=O)N2CCCN(C(=O)c3ccc(Cl)cc3I)CC2)c1. The van der Waals surface area contributed by atoms with Crippen molar-refractivity contribution in [1.82, 2.24) is 9.80 Å². The van der Waals surface area contributed by atoms with Gasteiger partial charge in [0.2, 0.25) is 0 Å². The molecule has 6 heteroatoms. The number of hydrogen-bond acceptors (Lipinski definition) is 2. The minimum atomic E-state index is -0.00378. The van der Waals surface area contributed by atoms with Gasteiger partial charge < -0.3 is 9.80 Å². The number of nitrogens with zero attached hydrogens (tertiary/aromatic N) is 2. The minimum absolute atomic E-state index is 0.00378. The molecule has 0 saturated carbocycles. The van der Waals surface area contributed by atoms with Gasteiger partial charge in [0.25, 0.3) is 11.8 Å². The van der Waals surface area contributed by atoms with Crippen molar-refractivity contribution in [2.75, 3.05) is 26.2 Å². The van der Waals surface area contributed by atoms with Crippen molar-refractivity contribution < 1.29 is 9.59 Å². The first kappa shape index (κ1) is 19.2. The molecule has 1 aliphatic heterocycles. The van der Waals surface area contributed by atoms with Crippen LogP contribution in [-0.2, 0) is 0 Å². The molecular weight excluding hydrogens is 463 g/mol. The molecule has 0 spiro atoms. The fourth-order valence-corrected chi connectivity index (χ4v) is 4.22. The number of carbonyl (C=O) groups excluding carboxylic acids is 2. The van der Waals surface area contributed by atoms with Gasteiger partial charge in [0.15, 0.2) is 0 Å². The Labute approximate surface area is 172 Å². The third kappa shape index (κ3) is 4.38. The molecule has 0 unspecified atom stereocenters. The predicted octanol–water partition coefficient (Wildman–Crippen LogP) is 4.24. The Morgan fingerprint density at radius 3 is 2.31 bits per heavy atom. The number of hydrogen-bond donors (Lipinski definition) is 0. The summed E-state index contributed by atoms with van der Waals surface area (Å²) in [6, 6.07) is 12.9. The molecule has 1 saturated heterocycles. The van der Waals surface area contributed by atoms with Crippen LogP contribution in [0.1, 0.15) is 32.7 Å². The van der Waals surface area contributed by atoms with Crippen molar-refractivity contribution in [1.29, 1.82) is 0 Å². The fourth-order valence-electron chi connectivity index (χ4n) is 3.12. The van der Waals surface area contributed by atoms with Gasteiger partial charge in [-0.25, -0.2) is 0 Å². The summed E-state index contributed by atoms with van der Waals surface area (Å²) in [5.41, 5.74) is 2.44. The largest absolute Gasteiger partial charge is 0.337 e. The summed E-state index contributed by atoms with van der Waals surface area (Å²) in [6.07, 6.45) is 0.771. The van der Waals surface area contributed by atoms with Crippen molar-refractivity contribution in [3.63, 3.8) is 0 Å². The summed E-state index contributed by atoms with van der Waals surface area (Å²) in [6.45, 7) is 4.37. The van der Waals surface area contributed by atoms with Crippen molar-refractivity contribution in [3.8, 4) is 0 Å². The zero-order valence-corrected chi connectivity index (χ0v) is 17.5. The average molecular weight is 483 g/mol. The van der Waals surface area contributed by atoms with E-state index >= 15 is 0 Å². The first-order valence-corrected chi connectivity index (χ1v) is 10.0. The molecule has 0 N–H and O–H groups in total. The summed E-state index contributed by atoms with van der Waals surface area (Å²) in [4.78, 5) is 29.3. The third-order valence-electron chi connectivity index (χ3n) is 4.50. The predicted molar refractivity (Wildman–Crippen MR) is 112 cm³/mol. The first-order valence-electron chi connectivity index (χ1n) is 8.56. The van der Waals surface area contributed by atoms with Crippen molar-refractivity contribution >= 4 is 46.0 Å². The molecule has 0 atom stereocenters. The van der Waals surface area contributed by atoms with E-state index in [2.05, 4.69) is 22.6 Å². The molecule has 4 nitrogen and oxygen atoms in total. The molecule has 1 heterocycles. The van der Waals surface area contributed by atoms with Crippen LogP contribution >= 0.6 is 34.2 Å². The van der Waals surface area contributed by atoms with Gasteiger partial charge in [-0.2, -0.15) is 0 Å². The molecule has 1 aliphatic rings. The second-order valence-corrected chi connectivity index (χ2v) is 8.03. The van der Waals surface area contributed by atoms with Gasteiger partial charge in [-0.1, -0.05) is 29.3 Å². The van der Waals surface area contributed by atoms with Crippen LogP contribution in [0, 0.1) is 10.5 Å². The van der Waals surface area contributed by atoms with E-state index in [-0.39, 0.29) is 11.8 Å². The molecule has 0 bridgehead atoms. The standard InChI is InChI=1S/C20H20ClIN2O2/c1-14-4-2-5-15(12-14)19(25)23-8-3-9-24(11-10-23)20(26)17-7-6-16(21)13-18(17)22/h2,4-7,12-13H,3,8-11H2,1H3. The van der Waals surface area contributed by atoms with E-state index in [0.29, 0.717) is 42.3 Å². The monoisotopic (exact) mass is 482 g/mol. The van der Waals surface area contributed by atoms with Crippen LogP contribution in [-0.4, -0.2) is 47.8 Å². The molecule has 1 fully saturated rings. The molecule has 0 aromatic heterocycles. The number of halogens is 2. The van der Waals surface area contributed by atoms with E-state index in [1.807, 2.05) is 41.0 Å². The Kier molecular flexibility index (Phi) is 6.19. The number of aryl methyl sites for hydroxylation is 1. The zero-order chi connectivity index (χ0) is 18.7. The first-order chi connectivity index (χ1) is 12.5. The lowest BCUT2D eigenvalue weighted by molar-refractivity contribution is 0.0718. The van der Waals surface area contributed by atoms with Crippen LogP contribution in [0.25, 0.3) is 0 Å². The third-order valence-corrected chi connectivity index (χ3v) is 5.62. The van der Waals surface area contributed by atoms with Gasteiger partial charge in [-0.3, -0.25) is 9.59 Å². The van der Waals surface area contributed by atoms with Gasteiger partial charge >= 0.3 is 0 Å². The van der Waals surface area contributed by atoms with Crippen LogP contribution in [0.5, 0.6) is 0 Å². The number of benzene rings is 2. The van der Waals surface area contributed by atoms with Crippen LogP contribution in [0.3, 0.4) is 0 Å². The summed E-state index contributed by atoms with van der Waals surface area (Å²) >= 11 is 8.12. The molecule has 2 aromatic carbocycles. The van der Waals surface area contributed by atoms with Gasteiger partial charge in [-0.15, -0.1) is 0 Å². The van der Waals surface area contributed by atoms with Gasteiger partial charge in [0, 0.05) is 40.3 Å². The molecule has 0 aliphatic carbocycles. The van der Waals surface area contributed by atoms with E-state index in [0.717, 1.165) is 15.6 Å². The lowest BCUT2D eigenvalue weighted by Gasteiger charge is -2.23. The number of rotatable bonds is 2. The normalized spacial score (nSPS) is 14.9. The lowest BCUT2D eigenvalue weighted by Crippen LogP contribution is -2.37. The summed E-state index contributed by atoms with van der Waals surface area (Å²) < 4.78 is 0.844. The molecule has 0 radical (unpaired) electrons. The van der Waals surface area contributed by atoms with Crippen LogP contribution in [0.4, 0.5) is 0 Å². The molecular formula is C20H20ClIN2O2. The maximum absolute atomic E-state index is 12.9. The Hall–Kier alpha value is -1.60. The van der Waals surface area contributed by atoms with E-state index in [4.69, 9.17) is 11.6 Å². The zero-order valence-electron chi connectivity index (χ0n) is 14.5. The second-order valence-electron chi connectivity index (χ2n) is 6.43. The summed E-state index contributed by atoms with van der Waals surface area (Å²) in [5.74, 6) is 0.0278. The summed E-state index contributed by atoms with van der Waals surface area (Å²) in [5, 5.41) is 0.622. The lowest BCUT2D eigenvalue weighted by atomic mass is 10.1. The Bertz CT molecular complexity index is 840. The Balaban J connectivity index is 1.70. The molecule has 2 amide bonds. The maximum Gasteiger partial charge on any atom is 0.254 e. The Morgan fingerprint density at radius 2 is 1.65 bits per heavy atom. The smallest absolute Gasteiger partial charge is 0.254 e. The highest BCUT2D eigenvalue weighted by molar-refractivity contribution is 14.1. The second kappa shape index (κ2) is 8.39. The highest BCUT2D eigenvalue weighted by atomic mass is 127. The molecule has 136 valence electrons. The minimum Gasteiger partial charge on any atom is -0.337 e. The van der Waals surface area contributed by atoms with Crippen molar-refractivity contribution in [3.05, 3.63) is 67.7 Å². The molecule has 3 rings (SSSR count).